The van der Waals surface area contributed by atoms with Crippen molar-refractivity contribution in [1.82, 2.24) is 26.3 Å². The Morgan fingerprint density at radius 1 is 1.08 bits per heavy atom. The lowest BCUT2D eigenvalue weighted by Gasteiger charge is -2.26. The number of aromatic amines is 1. The fourth-order valence-corrected chi connectivity index (χ4v) is 4.58. The van der Waals surface area contributed by atoms with Gasteiger partial charge in [0, 0.05) is 23.5 Å². The van der Waals surface area contributed by atoms with Crippen LogP contribution in [0.2, 0.25) is 0 Å². The van der Waals surface area contributed by atoms with Gasteiger partial charge in [-0.2, -0.15) is 0 Å². The van der Waals surface area contributed by atoms with E-state index in [1.807, 2.05) is 24.3 Å². The van der Waals surface area contributed by atoms with Crippen molar-refractivity contribution in [3.05, 3.63) is 36.0 Å². The van der Waals surface area contributed by atoms with Crippen molar-refractivity contribution in [3.63, 3.8) is 0 Å². The monoisotopic (exact) mass is 530 g/mol. The van der Waals surface area contributed by atoms with Crippen molar-refractivity contribution in [2.24, 2.45) is 5.73 Å². The summed E-state index contributed by atoms with van der Waals surface area (Å²) in [6, 6.07) is 3.39. The smallest absolute Gasteiger partial charge is 0.326 e. The predicted molar refractivity (Wildman–Crippen MR) is 141 cm³/mol. The van der Waals surface area contributed by atoms with E-state index in [2.05, 4.69) is 26.3 Å². The number of aliphatic hydroxyl groups is 1. The molecule has 5 atom stereocenters. The third kappa shape index (κ3) is 7.76. The highest BCUT2D eigenvalue weighted by Gasteiger charge is 2.33. The van der Waals surface area contributed by atoms with Crippen molar-refractivity contribution in [2.45, 2.75) is 75.7 Å². The number of fused-ring (bicyclic) bond motifs is 1. The zero-order valence-electron chi connectivity index (χ0n) is 21.5. The van der Waals surface area contributed by atoms with Crippen molar-refractivity contribution in [3.8, 4) is 0 Å². The number of rotatable bonds is 14. The largest absolute Gasteiger partial charge is 0.480 e. The van der Waals surface area contributed by atoms with Gasteiger partial charge in [0.2, 0.25) is 17.7 Å². The van der Waals surface area contributed by atoms with E-state index in [0.717, 1.165) is 22.9 Å². The lowest BCUT2D eigenvalue weighted by atomic mass is 10.0. The number of carboxylic acids is 1. The highest BCUT2D eigenvalue weighted by molar-refractivity contribution is 5.94. The molecule has 0 bridgehead atoms. The van der Waals surface area contributed by atoms with Gasteiger partial charge in [-0.05, 0) is 63.7 Å². The number of hydrogen-bond acceptors (Lipinski definition) is 7. The van der Waals surface area contributed by atoms with Crippen molar-refractivity contribution < 1.29 is 29.4 Å². The van der Waals surface area contributed by atoms with E-state index >= 15 is 0 Å². The third-order valence-corrected chi connectivity index (χ3v) is 6.73. The molecule has 0 spiro atoms. The summed E-state index contributed by atoms with van der Waals surface area (Å²) in [6.45, 7) is 2.45. The number of aliphatic carboxylic acids is 1. The van der Waals surface area contributed by atoms with Gasteiger partial charge in [-0.3, -0.25) is 14.4 Å². The van der Waals surface area contributed by atoms with Gasteiger partial charge in [0.15, 0.2) is 0 Å². The van der Waals surface area contributed by atoms with E-state index in [1.165, 1.54) is 6.92 Å². The molecule has 0 aliphatic carbocycles. The van der Waals surface area contributed by atoms with Gasteiger partial charge < -0.3 is 42.2 Å². The second kappa shape index (κ2) is 13.9. The molecule has 1 aliphatic rings. The SMILES string of the molecule is C[C@@H](O)[C@H](NC(=O)[C@@H]1CCCN1)C(=O)N[C@@H](CCCCN)C(=O)N[C@@H](Cc1c[nH]c2ccccc12)C(=O)O. The highest BCUT2D eigenvalue weighted by Crippen LogP contribution is 2.19. The van der Waals surface area contributed by atoms with Crippen LogP contribution in [0.15, 0.2) is 30.5 Å². The average Bonchev–Trinajstić information content (AvgIpc) is 3.56. The molecule has 12 heteroatoms. The molecule has 208 valence electrons. The van der Waals surface area contributed by atoms with E-state index in [-0.39, 0.29) is 12.8 Å². The van der Waals surface area contributed by atoms with Crippen LogP contribution in [0.5, 0.6) is 0 Å². The van der Waals surface area contributed by atoms with Crippen molar-refractivity contribution >= 4 is 34.6 Å². The molecule has 1 aromatic carbocycles. The Morgan fingerprint density at radius 3 is 2.47 bits per heavy atom. The molecule has 2 heterocycles. The Hall–Kier alpha value is -3.48. The number of aromatic nitrogens is 1. The Bertz CT molecular complexity index is 1110. The molecule has 2 aromatic rings. The number of carbonyl (C=O) groups is 4. The van der Waals surface area contributed by atoms with Gasteiger partial charge in [-0.1, -0.05) is 18.2 Å². The van der Waals surface area contributed by atoms with Gasteiger partial charge in [-0.15, -0.1) is 0 Å². The predicted octanol–water partition coefficient (Wildman–Crippen LogP) is -0.489. The molecule has 1 aromatic heterocycles. The van der Waals surface area contributed by atoms with Gasteiger partial charge in [-0.25, -0.2) is 4.79 Å². The Labute approximate surface area is 221 Å². The maximum Gasteiger partial charge on any atom is 0.326 e. The molecule has 3 amide bonds. The van der Waals surface area contributed by atoms with E-state index in [0.29, 0.717) is 32.4 Å². The van der Waals surface area contributed by atoms with Gasteiger partial charge >= 0.3 is 5.97 Å². The molecule has 1 fully saturated rings. The lowest BCUT2D eigenvalue weighted by Crippen LogP contribution is -2.59. The van der Waals surface area contributed by atoms with Crippen LogP contribution in [-0.4, -0.2) is 82.2 Å². The first kappa shape index (κ1) is 29.1. The fourth-order valence-electron chi connectivity index (χ4n) is 4.58. The van der Waals surface area contributed by atoms with E-state index < -0.39 is 54.0 Å². The maximum atomic E-state index is 13.2. The van der Waals surface area contributed by atoms with Crippen LogP contribution < -0.4 is 27.0 Å². The quantitative estimate of drug-likeness (QED) is 0.150. The van der Waals surface area contributed by atoms with Crippen molar-refractivity contribution in [2.75, 3.05) is 13.1 Å². The minimum atomic E-state index is -1.28. The highest BCUT2D eigenvalue weighted by atomic mass is 16.4. The number of unbranched alkanes of at least 4 members (excludes halogenated alkanes) is 1. The van der Waals surface area contributed by atoms with E-state index in [9.17, 15) is 29.4 Å². The summed E-state index contributed by atoms with van der Waals surface area (Å²) in [6.07, 6.45) is 3.29. The molecular formula is C26H38N6O6. The third-order valence-electron chi connectivity index (χ3n) is 6.73. The topological polar surface area (TPSA) is 199 Å². The molecule has 12 nitrogen and oxygen atoms in total. The zero-order valence-corrected chi connectivity index (χ0v) is 21.5. The van der Waals surface area contributed by atoms with Crippen LogP contribution in [-0.2, 0) is 25.6 Å². The summed E-state index contributed by atoms with van der Waals surface area (Å²) >= 11 is 0. The number of nitrogens with one attached hydrogen (secondary N) is 5. The maximum absolute atomic E-state index is 13.2. The number of amides is 3. The number of benzene rings is 1. The first-order valence-electron chi connectivity index (χ1n) is 13.0. The molecule has 0 saturated carbocycles. The number of nitrogens with two attached hydrogens (primary N) is 1. The standard InChI is InChI=1S/C26H38N6O6/c1-15(33)22(32-23(34)19-10-6-12-28-19)25(36)30-20(9-4-5-11-27)24(35)31-21(26(37)38)13-16-14-29-18-8-3-2-7-17(16)18/h2-3,7-8,14-15,19-22,28-29,33H,4-6,9-13,27H2,1H3,(H,30,36)(H,31,35)(H,32,34)(H,37,38)/t15-,19+,20+,21+,22+/m1/s1. The van der Waals surface area contributed by atoms with Crippen LogP contribution in [0.25, 0.3) is 10.9 Å². The first-order chi connectivity index (χ1) is 18.2. The summed E-state index contributed by atoms with van der Waals surface area (Å²) in [5.74, 6) is -3.02. The molecular weight excluding hydrogens is 492 g/mol. The molecule has 38 heavy (non-hydrogen) atoms. The van der Waals surface area contributed by atoms with Crippen LogP contribution >= 0.6 is 0 Å². The number of carboxylic acid groups (broad SMARTS) is 1. The summed E-state index contributed by atoms with van der Waals surface area (Å²) < 4.78 is 0. The second-order valence-corrected chi connectivity index (χ2v) is 9.68. The average molecular weight is 531 g/mol. The van der Waals surface area contributed by atoms with E-state index in [1.54, 1.807) is 6.20 Å². The summed E-state index contributed by atoms with van der Waals surface area (Å²) in [7, 11) is 0. The zero-order chi connectivity index (χ0) is 27.7. The molecule has 9 N–H and O–H groups in total. The Kier molecular flexibility index (Phi) is 10.6. The van der Waals surface area contributed by atoms with Crippen LogP contribution in [0.4, 0.5) is 0 Å². The number of hydrogen-bond donors (Lipinski definition) is 8. The molecule has 1 saturated heterocycles. The fraction of sp³-hybridized carbons (Fsp3) is 0.538. The number of aliphatic hydroxyl groups excluding tert-OH is 1. The molecule has 1 aliphatic heterocycles. The van der Waals surface area contributed by atoms with Gasteiger partial charge in [0.1, 0.15) is 18.1 Å². The van der Waals surface area contributed by atoms with Crippen LogP contribution in [0, 0.1) is 0 Å². The van der Waals surface area contributed by atoms with Crippen LogP contribution in [0.1, 0.15) is 44.6 Å². The summed E-state index contributed by atoms with van der Waals surface area (Å²) in [4.78, 5) is 53.9. The summed E-state index contributed by atoms with van der Waals surface area (Å²) in [5.41, 5.74) is 7.16. The molecule has 3 rings (SSSR count). The second-order valence-electron chi connectivity index (χ2n) is 9.68. The van der Waals surface area contributed by atoms with Crippen LogP contribution in [0.3, 0.4) is 0 Å². The summed E-state index contributed by atoms with van der Waals surface area (Å²) in [5, 5.41) is 31.6. The first-order valence-corrected chi connectivity index (χ1v) is 13.0. The minimum absolute atomic E-state index is 0.0370. The normalized spacial score (nSPS) is 18.3. The van der Waals surface area contributed by atoms with Gasteiger partial charge in [0.25, 0.3) is 0 Å². The number of para-hydroxylation sites is 1. The molecule has 0 unspecified atom stereocenters. The van der Waals surface area contributed by atoms with E-state index in [4.69, 9.17) is 5.73 Å². The molecule has 0 radical (unpaired) electrons. The number of H-pyrrole nitrogens is 1. The van der Waals surface area contributed by atoms with Gasteiger partial charge in [0.05, 0.1) is 12.1 Å². The Morgan fingerprint density at radius 2 is 1.82 bits per heavy atom. The Balaban J connectivity index is 1.70. The number of carbonyl (C=O) groups excluding carboxylic acids is 3. The minimum Gasteiger partial charge on any atom is -0.480 e. The van der Waals surface area contributed by atoms with Crippen molar-refractivity contribution in [1.29, 1.82) is 0 Å². The lowest BCUT2D eigenvalue weighted by molar-refractivity contribution is -0.142.